The van der Waals surface area contributed by atoms with Gasteiger partial charge in [-0.2, -0.15) is 11.8 Å². The van der Waals surface area contributed by atoms with E-state index in [0.717, 1.165) is 30.4 Å². The zero-order valence-electron chi connectivity index (χ0n) is 34.2. The summed E-state index contributed by atoms with van der Waals surface area (Å²) in [6.45, 7) is 5.58. The monoisotopic (exact) mass is 826 g/mol. The standard InChI is InChI=1S/C40H62N10O7S/c1-40(2,3)33(34(41)53)48-35(54)27(15-9-17-44-39(42)43)45-36(55)28-23-58-22-25-12-8-11-24(19-25)20-30(51)49(4)21-31(52)50-18-10-16-29(50)37(56)47-32(38(57)46-28)26-13-6-5-7-14-26/h8,11-12,19,26-29,32-33H,5-7,9-10,13-18,20-23H2,1-4H3,(H2,41,53)(H,45,55)(H,46,57)(H,47,56)(H,48,54)(H4,42,43,44)/t27-,28-,29-,32?,33+/m0/s1. The quantitative estimate of drug-likeness (QED) is 0.0946. The molecule has 10 N–H and O–H groups in total. The zero-order chi connectivity index (χ0) is 42.6. The molecule has 2 aliphatic heterocycles. The number of carbonyl (C=O) groups is 7. The van der Waals surface area contributed by atoms with Gasteiger partial charge in [0.25, 0.3) is 0 Å². The number of hydrogen-bond acceptors (Lipinski definition) is 9. The van der Waals surface area contributed by atoms with Crippen LogP contribution in [0.15, 0.2) is 29.3 Å². The summed E-state index contributed by atoms with van der Waals surface area (Å²) in [5, 5.41) is 11.4. The van der Waals surface area contributed by atoms with Gasteiger partial charge in [0.1, 0.15) is 30.2 Å². The number of aliphatic imine (C=N–C) groups is 1. The number of nitrogens with one attached hydrogen (secondary N) is 4. The molecule has 1 aromatic rings. The predicted molar refractivity (Wildman–Crippen MR) is 222 cm³/mol. The van der Waals surface area contributed by atoms with Gasteiger partial charge in [-0.15, -0.1) is 0 Å². The van der Waals surface area contributed by atoms with Gasteiger partial charge in [0.2, 0.25) is 41.4 Å². The number of benzene rings is 1. The number of guanidine groups is 1. The number of carbonyl (C=O) groups excluding carboxylic acids is 7. The highest BCUT2D eigenvalue weighted by molar-refractivity contribution is 7.98. The van der Waals surface area contributed by atoms with Crippen LogP contribution in [0.4, 0.5) is 0 Å². The van der Waals surface area contributed by atoms with Crippen molar-refractivity contribution in [1.29, 1.82) is 0 Å². The lowest BCUT2D eigenvalue weighted by Crippen LogP contribution is -2.61. The van der Waals surface area contributed by atoms with Gasteiger partial charge in [0.15, 0.2) is 5.96 Å². The molecule has 1 saturated carbocycles. The second kappa shape index (κ2) is 21.2. The van der Waals surface area contributed by atoms with Crippen molar-refractivity contribution in [1.82, 2.24) is 31.1 Å². The molecule has 18 heteroatoms. The van der Waals surface area contributed by atoms with Gasteiger partial charge in [-0.05, 0) is 61.0 Å². The first-order chi connectivity index (χ1) is 27.4. The van der Waals surface area contributed by atoms with Gasteiger partial charge in [-0.3, -0.25) is 38.6 Å². The number of primary amides is 1. The summed E-state index contributed by atoms with van der Waals surface area (Å²) >= 11 is 1.37. The average molecular weight is 827 g/mol. The van der Waals surface area contributed by atoms with Crippen LogP contribution in [-0.4, -0.2) is 120 Å². The van der Waals surface area contributed by atoms with E-state index in [1.54, 1.807) is 27.8 Å². The van der Waals surface area contributed by atoms with Gasteiger partial charge in [0.05, 0.1) is 13.0 Å². The fourth-order valence-corrected chi connectivity index (χ4v) is 8.72. The number of amides is 7. The molecule has 0 radical (unpaired) electrons. The van der Waals surface area contributed by atoms with Crippen molar-refractivity contribution in [2.75, 3.05) is 32.4 Å². The molecule has 1 aromatic carbocycles. The van der Waals surface area contributed by atoms with Gasteiger partial charge < -0.3 is 48.3 Å². The lowest BCUT2D eigenvalue weighted by molar-refractivity contribution is -0.143. The molecule has 58 heavy (non-hydrogen) atoms. The topological polar surface area (TPSA) is 265 Å². The van der Waals surface area contributed by atoms with Crippen LogP contribution in [-0.2, 0) is 45.7 Å². The van der Waals surface area contributed by atoms with E-state index < -0.39 is 65.2 Å². The molecule has 7 amide bonds. The molecule has 0 spiro atoms. The Kier molecular flexibility index (Phi) is 16.8. The number of likely N-dealkylation sites (N-methyl/N-ethyl adjacent to an activating group) is 1. The van der Waals surface area contributed by atoms with E-state index in [-0.39, 0.29) is 55.4 Å². The first-order valence-corrected chi connectivity index (χ1v) is 21.3. The SMILES string of the molecule is CN1CC(=O)N2CCC[C@H]2C(=O)NC(C2CCCCC2)C(=O)N[C@H](C(=O)N[C@@H](CCCN=C(N)N)C(=O)N[C@H](C(N)=O)C(C)(C)C)CSCc2cccc(c2)CC1=O. The summed E-state index contributed by atoms with van der Waals surface area (Å²) in [4.78, 5) is 102. The van der Waals surface area contributed by atoms with Crippen LogP contribution in [0.2, 0.25) is 0 Å². The van der Waals surface area contributed by atoms with Crippen LogP contribution in [0.25, 0.3) is 0 Å². The molecule has 3 aliphatic rings. The van der Waals surface area contributed by atoms with E-state index in [0.29, 0.717) is 44.4 Å². The molecule has 1 aliphatic carbocycles. The Morgan fingerprint density at radius 1 is 0.931 bits per heavy atom. The number of nitrogens with two attached hydrogens (primary N) is 3. The lowest BCUT2D eigenvalue weighted by atomic mass is 9.83. The van der Waals surface area contributed by atoms with Crippen molar-refractivity contribution in [2.45, 2.75) is 121 Å². The number of fused-ring (bicyclic) bond motifs is 3. The Morgan fingerprint density at radius 3 is 2.31 bits per heavy atom. The Hall–Kier alpha value is -4.87. The molecule has 2 bridgehead atoms. The number of rotatable bonds is 10. The molecule has 0 aromatic heterocycles. The first kappa shape index (κ1) is 45.8. The summed E-state index contributed by atoms with van der Waals surface area (Å²) in [5.41, 5.74) is 17.5. The summed E-state index contributed by atoms with van der Waals surface area (Å²) in [6.07, 6.45) is 5.56. The van der Waals surface area contributed by atoms with Crippen LogP contribution >= 0.6 is 11.8 Å². The molecule has 1 saturated heterocycles. The molecular weight excluding hydrogens is 765 g/mol. The Labute approximate surface area is 345 Å². The maximum atomic E-state index is 14.4. The maximum absolute atomic E-state index is 14.4. The highest BCUT2D eigenvalue weighted by Crippen LogP contribution is 2.28. The van der Waals surface area contributed by atoms with Crippen molar-refractivity contribution in [3.05, 3.63) is 35.4 Å². The van der Waals surface area contributed by atoms with Gasteiger partial charge in [-0.25, -0.2) is 0 Å². The van der Waals surface area contributed by atoms with E-state index in [1.807, 2.05) is 24.3 Å². The zero-order valence-corrected chi connectivity index (χ0v) is 35.0. The molecule has 2 heterocycles. The molecule has 5 atom stereocenters. The largest absolute Gasteiger partial charge is 0.370 e. The molecule has 2 fully saturated rings. The number of thioether (sulfide) groups is 1. The van der Waals surface area contributed by atoms with Crippen molar-refractivity contribution in [3.63, 3.8) is 0 Å². The summed E-state index contributed by atoms with van der Waals surface area (Å²) in [5.74, 6) is -3.47. The minimum absolute atomic E-state index is 0.0643. The Balaban J connectivity index is 1.67. The number of nitrogens with zero attached hydrogens (tertiary/aromatic N) is 3. The van der Waals surface area contributed by atoms with Crippen molar-refractivity contribution in [2.24, 2.45) is 33.5 Å². The highest BCUT2D eigenvalue weighted by Gasteiger charge is 2.40. The van der Waals surface area contributed by atoms with E-state index in [9.17, 15) is 33.6 Å². The van der Waals surface area contributed by atoms with Crippen molar-refractivity contribution >= 4 is 59.1 Å². The fourth-order valence-electron chi connectivity index (χ4n) is 7.71. The third kappa shape index (κ3) is 13.3. The van der Waals surface area contributed by atoms with Crippen LogP contribution in [0, 0.1) is 11.3 Å². The smallest absolute Gasteiger partial charge is 0.244 e. The minimum Gasteiger partial charge on any atom is -0.370 e. The summed E-state index contributed by atoms with van der Waals surface area (Å²) in [6, 6.07) is 2.27. The molecule has 17 nitrogen and oxygen atoms in total. The van der Waals surface area contributed by atoms with Gasteiger partial charge in [0, 0.05) is 31.6 Å². The van der Waals surface area contributed by atoms with Crippen LogP contribution in [0.1, 0.15) is 89.7 Å². The average Bonchev–Trinajstić information content (AvgIpc) is 3.66. The van der Waals surface area contributed by atoms with Crippen LogP contribution < -0.4 is 38.5 Å². The van der Waals surface area contributed by atoms with Crippen LogP contribution in [0.3, 0.4) is 0 Å². The Morgan fingerprint density at radius 2 is 1.64 bits per heavy atom. The highest BCUT2D eigenvalue weighted by atomic mass is 32.2. The van der Waals surface area contributed by atoms with E-state index in [1.165, 1.54) is 21.6 Å². The van der Waals surface area contributed by atoms with E-state index >= 15 is 0 Å². The fraction of sp³-hybridized carbons (Fsp3) is 0.650. The summed E-state index contributed by atoms with van der Waals surface area (Å²) in [7, 11) is 1.57. The molecule has 4 rings (SSSR count). The van der Waals surface area contributed by atoms with Crippen molar-refractivity contribution < 1.29 is 33.6 Å². The van der Waals surface area contributed by atoms with Gasteiger partial charge >= 0.3 is 0 Å². The third-order valence-electron chi connectivity index (χ3n) is 10.9. The van der Waals surface area contributed by atoms with E-state index in [4.69, 9.17) is 17.2 Å². The van der Waals surface area contributed by atoms with Crippen molar-refractivity contribution in [3.8, 4) is 0 Å². The molecular formula is C40H62N10O7S. The molecule has 1 unspecified atom stereocenters. The molecule has 320 valence electrons. The second-order valence-electron chi connectivity index (χ2n) is 16.7. The predicted octanol–water partition coefficient (Wildman–Crippen LogP) is 0.0298. The van der Waals surface area contributed by atoms with Crippen LogP contribution in [0.5, 0.6) is 0 Å². The van der Waals surface area contributed by atoms with E-state index in [2.05, 4.69) is 26.3 Å². The minimum atomic E-state index is -1.16. The lowest BCUT2D eigenvalue weighted by Gasteiger charge is -2.33. The van der Waals surface area contributed by atoms with Gasteiger partial charge in [-0.1, -0.05) is 64.3 Å². The second-order valence-corrected chi connectivity index (χ2v) is 17.7. The third-order valence-corrected chi connectivity index (χ3v) is 12.0. The maximum Gasteiger partial charge on any atom is 0.244 e. The summed E-state index contributed by atoms with van der Waals surface area (Å²) < 4.78 is 0. The Bertz CT molecular complexity index is 1690. The number of hydrogen-bond donors (Lipinski definition) is 7. The first-order valence-electron chi connectivity index (χ1n) is 20.2. The normalized spacial score (nSPS) is 22.9.